The van der Waals surface area contributed by atoms with Gasteiger partial charge in [0.05, 0.1) is 20.7 Å². The van der Waals surface area contributed by atoms with E-state index in [0.717, 1.165) is 25.7 Å². The van der Waals surface area contributed by atoms with Gasteiger partial charge in [0.1, 0.15) is 11.4 Å². The van der Waals surface area contributed by atoms with E-state index in [2.05, 4.69) is 9.88 Å². The van der Waals surface area contributed by atoms with Gasteiger partial charge < -0.3 is 9.26 Å². The molecule has 2 heterocycles. The summed E-state index contributed by atoms with van der Waals surface area (Å²) in [4.78, 5) is 19.8. The number of carbonyl (C=O) groups excluding carboxylic acids is 1. The molecule has 42 heavy (non-hydrogen) atoms. The van der Waals surface area contributed by atoms with Gasteiger partial charge in [0.25, 0.3) is 15.9 Å². The zero-order valence-corrected chi connectivity index (χ0v) is 24.9. The van der Waals surface area contributed by atoms with Crippen molar-refractivity contribution in [2.24, 2.45) is 4.99 Å². The number of sulfonamides is 1. The van der Waals surface area contributed by atoms with Crippen molar-refractivity contribution in [1.82, 2.24) is 10.1 Å². The number of nitrogens with zero attached hydrogens (tertiary/aromatic N) is 3. The maximum atomic E-state index is 14.4. The van der Waals surface area contributed by atoms with Gasteiger partial charge in [0, 0.05) is 18.6 Å². The molecule has 1 aromatic heterocycles. The molecule has 2 aromatic carbocycles. The number of amides is 1. The molecule has 0 unspecified atom stereocenters. The minimum Gasteiger partial charge on any atom is -0.377 e. The number of aryl methyl sites for hydroxylation is 1. The molecule has 0 bridgehead atoms. The molecule has 0 atom stereocenters. The molecule has 0 radical (unpaired) electrons. The first-order chi connectivity index (χ1) is 20.9. The topological polar surface area (TPSA) is 114 Å². The van der Waals surface area contributed by atoms with Gasteiger partial charge in [-0.25, -0.2) is 8.42 Å². The van der Waals surface area contributed by atoms with Crippen LogP contribution in [0, 0.1) is 12.7 Å². The average molecular weight is 599 g/mol. The molecule has 1 N–H and O–H groups in total. The summed E-state index contributed by atoms with van der Waals surface area (Å²) in [6.07, 6.45) is 5.13. The highest BCUT2D eigenvalue weighted by atomic mass is 32.2. The van der Waals surface area contributed by atoms with Gasteiger partial charge in [-0.2, -0.15) is 4.39 Å². The number of hydrogen-bond acceptors (Lipinski definition) is 7. The fraction of sp³-hybridized carbons (Fsp3) is 0.452. The van der Waals surface area contributed by atoms with E-state index in [0.29, 0.717) is 48.4 Å². The predicted octanol–water partition coefficient (Wildman–Crippen LogP) is 6.37. The second kappa shape index (κ2) is 12.3. The Labute approximate surface area is 249 Å². The second-order valence-electron chi connectivity index (χ2n) is 10.6. The molecule has 3 aromatic rings. The number of rotatable bonds is 12. The Bertz CT molecular complexity index is 1690. The number of anilines is 1. The van der Waals surface area contributed by atoms with Gasteiger partial charge in [0.2, 0.25) is 11.6 Å². The number of unbranched alkanes of at least 4 members (excludes halogenated alkanes) is 1. The molecule has 1 fully saturated rings. The molecule has 1 aliphatic heterocycles. The zero-order valence-electron chi connectivity index (χ0n) is 26.1. The summed E-state index contributed by atoms with van der Waals surface area (Å²) in [6, 6.07) is 11.0. The summed E-state index contributed by atoms with van der Waals surface area (Å²) in [6.45, 7) is 3.39. The molecule has 0 saturated heterocycles. The zero-order chi connectivity index (χ0) is 31.7. The Morgan fingerprint density at radius 1 is 1.17 bits per heavy atom. The van der Waals surface area contributed by atoms with Crippen LogP contribution in [-0.4, -0.2) is 42.4 Å². The first-order valence-electron chi connectivity index (χ1n) is 15.3. The van der Waals surface area contributed by atoms with Crippen LogP contribution in [0.5, 0.6) is 0 Å². The van der Waals surface area contributed by atoms with Gasteiger partial charge in [-0.3, -0.25) is 19.4 Å². The summed E-state index contributed by atoms with van der Waals surface area (Å²) in [5, 5.41) is 3.48. The molecular weight excluding hydrogens is 559 g/mol. The average Bonchev–Trinajstić information content (AvgIpc) is 3.69. The van der Waals surface area contributed by atoms with E-state index < -0.39 is 33.7 Å². The molecule has 224 valence electrons. The highest BCUT2D eigenvalue weighted by molar-refractivity contribution is 7.92. The molecule has 5 rings (SSSR count). The third kappa shape index (κ3) is 5.85. The van der Waals surface area contributed by atoms with Gasteiger partial charge in [-0.15, -0.1) is 0 Å². The molecule has 1 saturated carbocycles. The summed E-state index contributed by atoms with van der Waals surface area (Å²) < 4.78 is 72.4. The number of nitrogens with one attached hydrogen (secondary N) is 1. The largest absolute Gasteiger partial charge is 0.377 e. The van der Waals surface area contributed by atoms with E-state index in [1.165, 1.54) is 17.9 Å². The van der Waals surface area contributed by atoms with Crippen molar-refractivity contribution in [2.75, 3.05) is 11.3 Å². The Kier molecular flexibility index (Phi) is 8.02. The van der Waals surface area contributed by atoms with Crippen LogP contribution in [0.1, 0.15) is 78.4 Å². The number of benzene rings is 2. The fourth-order valence-corrected chi connectivity index (χ4v) is 6.71. The van der Waals surface area contributed by atoms with Crippen LogP contribution in [0.15, 0.2) is 56.9 Å². The van der Waals surface area contributed by atoms with E-state index >= 15 is 0 Å². The smallest absolute Gasteiger partial charge is 0.263 e. The third-order valence-electron chi connectivity index (χ3n) is 7.68. The minimum atomic E-state index is -4.32. The van der Waals surface area contributed by atoms with E-state index in [4.69, 9.17) is 14.3 Å². The highest BCUT2D eigenvalue weighted by Gasteiger charge is 2.49. The van der Waals surface area contributed by atoms with Crippen LogP contribution in [0.3, 0.4) is 0 Å². The van der Waals surface area contributed by atoms with Crippen LogP contribution in [-0.2, 0) is 32.7 Å². The van der Waals surface area contributed by atoms with Crippen LogP contribution in [0.25, 0.3) is 11.1 Å². The minimum absolute atomic E-state index is 0.0589. The standard InChI is InChI=1S/C31H37FN4O5S/c1-4-6-13-27-33-31(16-9-10-17-31)30(37)36(27)19-22-14-15-24(23(18-22)20-40-5-2)25-11-7-8-12-26(25)42(38,39)35-29-28(32)21(3)41-34-29/h7-8,11-12,14-15,18H,4-6,9-10,13,16-17,19-20H2,1-3H3,(H,34,35)/i19D2. The SMILES string of the molecule is [2H]C([2H])(c1ccc(-c2ccccc2S(=O)(=O)Nc2noc(C)c2F)c(COCC)c1)N1C(=O)C2(CCCC2)N=C1CCCC. The molecule has 9 nitrogen and oxygen atoms in total. The summed E-state index contributed by atoms with van der Waals surface area (Å²) in [5.41, 5.74) is 0.633. The van der Waals surface area contributed by atoms with E-state index in [1.807, 2.05) is 13.8 Å². The second-order valence-corrected chi connectivity index (χ2v) is 12.3. The van der Waals surface area contributed by atoms with Crippen LogP contribution in [0.4, 0.5) is 10.2 Å². The highest BCUT2D eigenvalue weighted by Crippen LogP contribution is 2.40. The molecule has 2 aliphatic rings. The van der Waals surface area contributed by atoms with Crippen molar-refractivity contribution in [2.45, 2.75) is 89.3 Å². The number of hydrogen-bond donors (Lipinski definition) is 1. The maximum Gasteiger partial charge on any atom is 0.263 e. The number of aliphatic imine (C=N–C) groups is 1. The summed E-state index contributed by atoms with van der Waals surface area (Å²) in [5.74, 6) is -1.45. The number of halogens is 1. The Morgan fingerprint density at radius 3 is 2.62 bits per heavy atom. The van der Waals surface area contributed by atoms with Crippen molar-refractivity contribution >= 4 is 27.6 Å². The van der Waals surface area contributed by atoms with E-state index in [-0.39, 0.29) is 28.7 Å². The lowest BCUT2D eigenvalue weighted by Gasteiger charge is -2.23. The quantitative estimate of drug-likeness (QED) is 0.259. The van der Waals surface area contributed by atoms with Gasteiger partial charge in [0.15, 0.2) is 5.76 Å². The number of ether oxygens (including phenoxy) is 1. The van der Waals surface area contributed by atoms with Crippen LogP contribution >= 0.6 is 0 Å². The monoisotopic (exact) mass is 598 g/mol. The summed E-state index contributed by atoms with van der Waals surface area (Å²) >= 11 is 0. The normalized spacial score (nSPS) is 17.5. The molecule has 1 aliphatic carbocycles. The van der Waals surface area contributed by atoms with Crippen molar-refractivity contribution in [3.63, 3.8) is 0 Å². The first kappa shape index (κ1) is 27.3. The lowest BCUT2D eigenvalue weighted by molar-refractivity contribution is -0.131. The van der Waals surface area contributed by atoms with Gasteiger partial charge >= 0.3 is 0 Å². The predicted molar refractivity (Wildman–Crippen MR) is 158 cm³/mol. The maximum absolute atomic E-state index is 14.4. The number of amidine groups is 1. The van der Waals surface area contributed by atoms with E-state index in [9.17, 15) is 20.3 Å². The third-order valence-corrected chi connectivity index (χ3v) is 9.08. The molecular formula is C31H37FN4O5S. The lowest BCUT2D eigenvalue weighted by Crippen LogP contribution is -2.40. The number of aromatic nitrogens is 1. The van der Waals surface area contributed by atoms with Crippen molar-refractivity contribution in [3.8, 4) is 11.1 Å². The molecule has 1 amide bonds. The lowest BCUT2D eigenvalue weighted by atomic mass is 9.96. The van der Waals surface area contributed by atoms with Gasteiger partial charge in [-0.05, 0) is 55.9 Å². The summed E-state index contributed by atoms with van der Waals surface area (Å²) in [7, 11) is -4.32. The van der Waals surface area contributed by atoms with Crippen molar-refractivity contribution in [1.29, 1.82) is 0 Å². The van der Waals surface area contributed by atoms with Crippen molar-refractivity contribution in [3.05, 3.63) is 65.2 Å². The molecule has 11 heteroatoms. The molecule has 1 spiro atoms. The van der Waals surface area contributed by atoms with Crippen LogP contribution < -0.4 is 4.72 Å². The van der Waals surface area contributed by atoms with Crippen molar-refractivity contribution < 1.29 is 29.6 Å². The van der Waals surface area contributed by atoms with Crippen LogP contribution in [0.2, 0.25) is 0 Å². The Balaban J connectivity index is 1.56. The Morgan fingerprint density at radius 2 is 1.93 bits per heavy atom. The first-order valence-corrected chi connectivity index (χ1v) is 15.8. The van der Waals surface area contributed by atoms with E-state index in [1.54, 1.807) is 36.4 Å². The Hall–Kier alpha value is -3.57. The van der Waals surface area contributed by atoms with Gasteiger partial charge in [-0.1, -0.05) is 67.7 Å². The number of carbonyl (C=O) groups is 1. The fourth-order valence-electron chi connectivity index (χ4n) is 5.49.